The van der Waals surface area contributed by atoms with Crippen molar-refractivity contribution < 1.29 is 13.2 Å². The number of hydrogen-bond acceptors (Lipinski definition) is 4. The van der Waals surface area contributed by atoms with Gasteiger partial charge in [0.25, 0.3) is 0 Å². The molecule has 1 fully saturated rings. The molecule has 1 saturated heterocycles. The Morgan fingerprint density at radius 2 is 2.21 bits per heavy atom. The molecule has 0 aliphatic carbocycles. The minimum absolute atomic E-state index is 0. The normalized spacial score (nSPS) is 17.2. The fourth-order valence-corrected chi connectivity index (χ4v) is 3.87. The number of alkyl halides is 3. The van der Waals surface area contributed by atoms with Gasteiger partial charge >= 0.3 is 6.18 Å². The molecule has 160 valence electrons. The first-order valence-electron chi connectivity index (χ1n) is 8.92. The van der Waals surface area contributed by atoms with Crippen molar-refractivity contribution in [2.45, 2.75) is 32.1 Å². The summed E-state index contributed by atoms with van der Waals surface area (Å²) in [6.45, 7) is 4.37. The molecule has 0 bridgehead atoms. The van der Waals surface area contributed by atoms with Crippen molar-refractivity contribution in [1.82, 2.24) is 15.6 Å². The number of aromatic nitrogens is 1. The molecule has 0 amide bonds. The molecule has 29 heavy (non-hydrogen) atoms. The molecule has 1 aromatic carbocycles. The monoisotopic (exact) mass is 559 g/mol. The minimum Gasteiger partial charge on any atom is -0.369 e. The van der Waals surface area contributed by atoms with Crippen LogP contribution < -0.4 is 15.5 Å². The molecule has 1 unspecified atom stereocenters. The van der Waals surface area contributed by atoms with Gasteiger partial charge in [-0.25, -0.2) is 9.98 Å². The Morgan fingerprint density at radius 1 is 1.41 bits per heavy atom. The third-order valence-electron chi connectivity index (χ3n) is 4.26. The van der Waals surface area contributed by atoms with Gasteiger partial charge in [-0.15, -0.1) is 35.3 Å². The highest BCUT2D eigenvalue weighted by molar-refractivity contribution is 14.0. The van der Waals surface area contributed by atoms with Crippen LogP contribution in [0.25, 0.3) is 0 Å². The molecular weight excluding hydrogens is 538 g/mol. The van der Waals surface area contributed by atoms with Crippen molar-refractivity contribution >= 4 is 58.6 Å². The van der Waals surface area contributed by atoms with E-state index in [-0.39, 0.29) is 36.6 Å². The quantitative estimate of drug-likeness (QED) is 0.315. The Labute approximate surface area is 193 Å². The standard InChI is InChI=1S/C18H21ClF3N5S.HI/c1-2-23-17(24-9-16-26-15(11-28-16)18(20,21)22)25-13-6-7-27(10-13)14-5-3-4-12(19)8-14;/h3-5,8,11,13H,2,6-7,9-10H2,1H3,(H2,23,24,25);1H. The summed E-state index contributed by atoms with van der Waals surface area (Å²) in [6.07, 6.45) is -3.50. The van der Waals surface area contributed by atoms with Gasteiger partial charge in [0.1, 0.15) is 5.01 Å². The maximum atomic E-state index is 12.7. The number of benzene rings is 1. The zero-order valence-corrected chi connectivity index (χ0v) is 19.6. The van der Waals surface area contributed by atoms with Crippen molar-refractivity contribution in [3.8, 4) is 0 Å². The molecule has 1 aliphatic heterocycles. The SMILES string of the molecule is CCNC(=NCc1nc(C(F)(F)F)cs1)NC1CCN(c2cccc(Cl)c2)C1.I. The second-order valence-corrected chi connectivity index (χ2v) is 7.75. The highest BCUT2D eigenvalue weighted by Crippen LogP contribution is 2.30. The van der Waals surface area contributed by atoms with Crippen LogP contribution in [0, 0.1) is 0 Å². The summed E-state index contributed by atoms with van der Waals surface area (Å²) >= 11 is 7.03. The summed E-state index contributed by atoms with van der Waals surface area (Å²) in [5, 5.41) is 8.54. The smallest absolute Gasteiger partial charge is 0.369 e. The average molecular weight is 560 g/mol. The van der Waals surface area contributed by atoms with Crippen LogP contribution in [0.15, 0.2) is 34.6 Å². The lowest BCUT2D eigenvalue weighted by Gasteiger charge is -2.20. The third-order valence-corrected chi connectivity index (χ3v) is 5.33. The summed E-state index contributed by atoms with van der Waals surface area (Å²) in [5.74, 6) is 0.573. The van der Waals surface area contributed by atoms with Gasteiger partial charge in [-0.05, 0) is 31.5 Å². The van der Waals surface area contributed by atoms with E-state index in [1.165, 1.54) is 0 Å². The summed E-state index contributed by atoms with van der Waals surface area (Å²) in [5.41, 5.74) is 0.204. The van der Waals surface area contributed by atoms with Crippen LogP contribution in [0.4, 0.5) is 18.9 Å². The lowest BCUT2D eigenvalue weighted by molar-refractivity contribution is -0.140. The van der Waals surface area contributed by atoms with E-state index in [1.54, 1.807) is 0 Å². The fraction of sp³-hybridized carbons (Fsp3) is 0.444. The second-order valence-electron chi connectivity index (χ2n) is 6.38. The van der Waals surface area contributed by atoms with Crippen LogP contribution in [-0.2, 0) is 12.7 Å². The minimum atomic E-state index is -4.42. The molecule has 1 aliphatic rings. The van der Waals surface area contributed by atoms with Crippen molar-refractivity contribution in [2.75, 3.05) is 24.5 Å². The van der Waals surface area contributed by atoms with Crippen LogP contribution in [0.2, 0.25) is 5.02 Å². The van der Waals surface area contributed by atoms with Gasteiger partial charge in [-0.1, -0.05) is 17.7 Å². The van der Waals surface area contributed by atoms with Crippen LogP contribution in [-0.4, -0.2) is 36.6 Å². The lowest BCUT2D eigenvalue weighted by atomic mass is 10.3. The number of thiazole rings is 1. The van der Waals surface area contributed by atoms with E-state index < -0.39 is 11.9 Å². The van der Waals surface area contributed by atoms with E-state index >= 15 is 0 Å². The summed E-state index contributed by atoms with van der Waals surface area (Å²) in [7, 11) is 0. The van der Waals surface area contributed by atoms with Crippen molar-refractivity contribution in [3.05, 3.63) is 45.4 Å². The van der Waals surface area contributed by atoms with Crippen molar-refractivity contribution in [3.63, 3.8) is 0 Å². The molecule has 0 saturated carbocycles. The van der Waals surface area contributed by atoms with E-state index in [0.717, 1.165) is 41.9 Å². The van der Waals surface area contributed by atoms with Crippen LogP contribution in [0.3, 0.4) is 0 Å². The van der Waals surface area contributed by atoms with Gasteiger partial charge in [0.05, 0.1) is 6.54 Å². The Morgan fingerprint density at radius 3 is 2.86 bits per heavy atom. The molecule has 11 heteroatoms. The molecular formula is C18H22ClF3IN5S. The third kappa shape index (κ3) is 6.88. The first-order chi connectivity index (χ1) is 13.3. The number of halogens is 5. The lowest BCUT2D eigenvalue weighted by Crippen LogP contribution is -2.44. The van der Waals surface area contributed by atoms with E-state index in [9.17, 15) is 13.2 Å². The predicted octanol–water partition coefficient (Wildman–Crippen LogP) is 4.77. The number of hydrogen-bond donors (Lipinski definition) is 2. The topological polar surface area (TPSA) is 52.6 Å². The molecule has 0 spiro atoms. The zero-order valence-electron chi connectivity index (χ0n) is 15.7. The predicted molar refractivity (Wildman–Crippen MR) is 123 cm³/mol. The van der Waals surface area contributed by atoms with E-state index in [2.05, 4.69) is 25.5 Å². The molecule has 1 aromatic heterocycles. The summed E-state index contributed by atoms with van der Waals surface area (Å²) in [4.78, 5) is 10.2. The highest BCUT2D eigenvalue weighted by atomic mass is 127. The van der Waals surface area contributed by atoms with Crippen LogP contribution >= 0.6 is 46.9 Å². The summed E-state index contributed by atoms with van der Waals surface area (Å²) < 4.78 is 38.0. The molecule has 2 aromatic rings. The Kier molecular flexibility index (Phi) is 8.83. The maximum absolute atomic E-state index is 12.7. The van der Waals surface area contributed by atoms with Gasteiger partial charge in [-0.2, -0.15) is 13.2 Å². The van der Waals surface area contributed by atoms with Crippen molar-refractivity contribution in [1.29, 1.82) is 0 Å². The maximum Gasteiger partial charge on any atom is 0.434 e. The molecule has 2 N–H and O–H groups in total. The summed E-state index contributed by atoms with van der Waals surface area (Å²) in [6, 6.07) is 7.90. The zero-order chi connectivity index (χ0) is 20.1. The number of rotatable bonds is 5. The molecule has 2 heterocycles. The first kappa shape index (κ1) is 24.0. The van der Waals surface area contributed by atoms with Gasteiger partial charge in [0.15, 0.2) is 11.7 Å². The van der Waals surface area contributed by atoms with E-state index in [4.69, 9.17) is 11.6 Å². The molecule has 5 nitrogen and oxygen atoms in total. The molecule has 3 rings (SSSR count). The fourth-order valence-electron chi connectivity index (χ4n) is 2.96. The van der Waals surface area contributed by atoms with Gasteiger partial charge < -0.3 is 15.5 Å². The van der Waals surface area contributed by atoms with E-state index in [1.807, 2.05) is 31.2 Å². The van der Waals surface area contributed by atoms with E-state index in [0.29, 0.717) is 22.5 Å². The Balaban J connectivity index is 0.00000300. The van der Waals surface area contributed by atoms with Crippen molar-refractivity contribution in [2.24, 2.45) is 4.99 Å². The first-order valence-corrected chi connectivity index (χ1v) is 10.2. The Hall–Kier alpha value is -1.27. The number of anilines is 1. The molecule has 1 atom stereocenters. The Bertz CT molecular complexity index is 830. The van der Waals surface area contributed by atoms with Crippen LogP contribution in [0.5, 0.6) is 0 Å². The van der Waals surface area contributed by atoms with Crippen LogP contribution in [0.1, 0.15) is 24.0 Å². The average Bonchev–Trinajstić information content (AvgIpc) is 3.29. The number of guanidine groups is 1. The molecule has 0 radical (unpaired) electrons. The van der Waals surface area contributed by atoms with Gasteiger partial charge in [0, 0.05) is 41.8 Å². The number of nitrogens with zero attached hydrogens (tertiary/aromatic N) is 3. The van der Waals surface area contributed by atoms with Gasteiger partial charge in [0.2, 0.25) is 0 Å². The largest absolute Gasteiger partial charge is 0.434 e. The highest BCUT2D eigenvalue weighted by Gasteiger charge is 2.33. The number of aliphatic imine (C=N–C) groups is 1. The van der Waals surface area contributed by atoms with Gasteiger partial charge in [-0.3, -0.25) is 0 Å². The number of nitrogens with one attached hydrogen (secondary N) is 2. The second kappa shape index (κ2) is 10.7.